The fourth-order valence-corrected chi connectivity index (χ4v) is 2.29. The molecule has 0 aliphatic heterocycles. The Bertz CT molecular complexity index is 537. The van der Waals surface area contributed by atoms with Gasteiger partial charge in [0.05, 0.1) is 20.0 Å². The van der Waals surface area contributed by atoms with E-state index in [9.17, 15) is 0 Å². The van der Waals surface area contributed by atoms with E-state index in [4.69, 9.17) is 13.9 Å². The van der Waals surface area contributed by atoms with Gasteiger partial charge >= 0.3 is 0 Å². The van der Waals surface area contributed by atoms with Gasteiger partial charge in [-0.25, -0.2) is 0 Å². The van der Waals surface area contributed by atoms with Crippen molar-refractivity contribution in [2.45, 2.75) is 32.9 Å². The summed E-state index contributed by atoms with van der Waals surface area (Å²) in [6, 6.07) is 10.2. The van der Waals surface area contributed by atoms with Crippen molar-refractivity contribution < 1.29 is 13.9 Å². The van der Waals surface area contributed by atoms with Gasteiger partial charge in [0.15, 0.2) is 11.5 Å². The molecule has 1 aromatic carbocycles. The van der Waals surface area contributed by atoms with Crippen molar-refractivity contribution in [3.63, 3.8) is 0 Å². The van der Waals surface area contributed by atoms with Crippen LogP contribution in [0.2, 0.25) is 0 Å². The van der Waals surface area contributed by atoms with Crippen LogP contribution in [0.4, 0.5) is 0 Å². The normalized spacial score (nSPS) is 12.1. The van der Waals surface area contributed by atoms with Gasteiger partial charge in [0.1, 0.15) is 5.76 Å². The highest BCUT2D eigenvalue weighted by molar-refractivity contribution is 5.46. The van der Waals surface area contributed by atoms with Crippen molar-refractivity contribution in [2.75, 3.05) is 13.7 Å². The quantitative estimate of drug-likeness (QED) is 0.809. The Labute approximate surface area is 126 Å². The highest BCUT2D eigenvalue weighted by Crippen LogP contribution is 2.31. The van der Waals surface area contributed by atoms with Crippen LogP contribution in [0, 0.1) is 0 Å². The number of hydrogen-bond donors (Lipinski definition) is 1. The van der Waals surface area contributed by atoms with Gasteiger partial charge in [-0.1, -0.05) is 12.1 Å². The Hall–Kier alpha value is -1.94. The molecule has 21 heavy (non-hydrogen) atoms. The molecule has 2 rings (SSSR count). The van der Waals surface area contributed by atoms with Crippen molar-refractivity contribution >= 4 is 0 Å². The molecule has 114 valence electrons. The van der Waals surface area contributed by atoms with E-state index in [1.54, 1.807) is 13.4 Å². The van der Waals surface area contributed by atoms with Crippen molar-refractivity contribution in [1.82, 2.24) is 5.32 Å². The molecule has 1 heterocycles. The predicted molar refractivity (Wildman–Crippen MR) is 82.9 cm³/mol. The van der Waals surface area contributed by atoms with Crippen LogP contribution < -0.4 is 14.8 Å². The zero-order valence-electron chi connectivity index (χ0n) is 12.9. The first-order valence-corrected chi connectivity index (χ1v) is 7.29. The molecular weight excluding hydrogens is 266 g/mol. The molecule has 0 aliphatic carbocycles. The van der Waals surface area contributed by atoms with Crippen LogP contribution in [-0.2, 0) is 13.0 Å². The maximum Gasteiger partial charge on any atom is 0.165 e. The molecule has 2 aromatic rings. The lowest BCUT2D eigenvalue weighted by atomic mass is 10.1. The third-order valence-corrected chi connectivity index (χ3v) is 3.29. The van der Waals surface area contributed by atoms with E-state index in [0.29, 0.717) is 12.6 Å². The smallest absolute Gasteiger partial charge is 0.165 e. The second kappa shape index (κ2) is 7.74. The fraction of sp³-hybridized carbons (Fsp3) is 0.412. The number of benzene rings is 1. The van der Waals surface area contributed by atoms with Crippen LogP contribution in [0.5, 0.6) is 11.5 Å². The SMILES string of the molecule is CCOc1cccc(CNC(C)Cc2ccco2)c1OC. The molecule has 0 saturated heterocycles. The minimum Gasteiger partial charge on any atom is -0.493 e. The summed E-state index contributed by atoms with van der Waals surface area (Å²) < 4.78 is 16.4. The predicted octanol–water partition coefficient (Wildman–Crippen LogP) is 3.41. The third kappa shape index (κ3) is 4.26. The third-order valence-electron chi connectivity index (χ3n) is 3.29. The van der Waals surface area contributed by atoms with Gasteiger partial charge in [-0.2, -0.15) is 0 Å². The van der Waals surface area contributed by atoms with Crippen LogP contribution in [0.25, 0.3) is 0 Å². The molecule has 4 nitrogen and oxygen atoms in total. The first-order valence-electron chi connectivity index (χ1n) is 7.29. The Kier molecular flexibility index (Phi) is 5.69. The number of ether oxygens (including phenoxy) is 2. The van der Waals surface area contributed by atoms with Gasteiger partial charge < -0.3 is 19.2 Å². The van der Waals surface area contributed by atoms with Crippen LogP contribution >= 0.6 is 0 Å². The average Bonchev–Trinajstić information content (AvgIpc) is 2.98. The van der Waals surface area contributed by atoms with E-state index in [2.05, 4.69) is 12.2 Å². The van der Waals surface area contributed by atoms with Crippen molar-refractivity contribution in [2.24, 2.45) is 0 Å². The molecule has 0 fully saturated rings. The topological polar surface area (TPSA) is 43.6 Å². The van der Waals surface area contributed by atoms with E-state index in [-0.39, 0.29) is 0 Å². The number of furan rings is 1. The number of nitrogens with one attached hydrogen (secondary N) is 1. The lowest BCUT2D eigenvalue weighted by Crippen LogP contribution is -2.27. The molecule has 0 amide bonds. The van der Waals surface area contributed by atoms with Crippen molar-refractivity contribution in [1.29, 1.82) is 0 Å². The van der Waals surface area contributed by atoms with E-state index >= 15 is 0 Å². The lowest BCUT2D eigenvalue weighted by Gasteiger charge is -2.16. The Morgan fingerprint density at radius 3 is 2.76 bits per heavy atom. The Morgan fingerprint density at radius 1 is 1.24 bits per heavy atom. The maximum atomic E-state index is 5.59. The molecule has 0 radical (unpaired) electrons. The average molecular weight is 289 g/mol. The van der Waals surface area contributed by atoms with Crippen LogP contribution in [0.15, 0.2) is 41.0 Å². The largest absolute Gasteiger partial charge is 0.493 e. The van der Waals surface area contributed by atoms with Crippen LogP contribution in [0.3, 0.4) is 0 Å². The van der Waals surface area contributed by atoms with Crippen LogP contribution in [0.1, 0.15) is 25.2 Å². The zero-order valence-corrected chi connectivity index (χ0v) is 12.9. The van der Waals surface area contributed by atoms with Gasteiger partial charge in [-0.05, 0) is 32.0 Å². The second-order valence-electron chi connectivity index (χ2n) is 4.95. The van der Waals surface area contributed by atoms with Gasteiger partial charge in [-0.3, -0.25) is 0 Å². The summed E-state index contributed by atoms with van der Waals surface area (Å²) in [6.45, 7) is 5.46. The van der Waals surface area contributed by atoms with Gasteiger partial charge in [-0.15, -0.1) is 0 Å². The molecule has 0 aliphatic rings. The first-order chi connectivity index (χ1) is 10.2. The Balaban J connectivity index is 1.97. The molecule has 1 unspecified atom stereocenters. The lowest BCUT2D eigenvalue weighted by molar-refractivity contribution is 0.308. The van der Waals surface area contributed by atoms with Gasteiger partial charge in [0.2, 0.25) is 0 Å². The fourth-order valence-electron chi connectivity index (χ4n) is 2.29. The molecule has 1 aromatic heterocycles. The number of para-hydroxylation sites is 1. The molecule has 1 atom stereocenters. The number of methoxy groups -OCH3 is 1. The highest BCUT2D eigenvalue weighted by atomic mass is 16.5. The van der Waals surface area contributed by atoms with Gasteiger partial charge in [0.25, 0.3) is 0 Å². The van der Waals surface area contributed by atoms with E-state index in [0.717, 1.165) is 35.8 Å². The second-order valence-corrected chi connectivity index (χ2v) is 4.95. The molecule has 0 spiro atoms. The van der Waals surface area contributed by atoms with Crippen LogP contribution in [-0.4, -0.2) is 19.8 Å². The van der Waals surface area contributed by atoms with Crippen molar-refractivity contribution in [3.05, 3.63) is 47.9 Å². The van der Waals surface area contributed by atoms with E-state index in [1.807, 2.05) is 37.3 Å². The zero-order chi connectivity index (χ0) is 15.1. The molecule has 1 N–H and O–H groups in total. The summed E-state index contributed by atoms with van der Waals surface area (Å²) >= 11 is 0. The molecule has 0 bridgehead atoms. The maximum absolute atomic E-state index is 5.59. The summed E-state index contributed by atoms with van der Waals surface area (Å²) in [4.78, 5) is 0. The standard InChI is InChI=1S/C17H23NO3/c1-4-20-16-9-5-7-14(17(16)19-3)12-18-13(2)11-15-8-6-10-21-15/h5-10,13,18H,4,11-12H2,1-3H3. The first kappa shape index (κ1) is 15.4. The summed E-state index contributed by atoms with van der Waals surface area (Å²) in [5.74, 6) is 2.58. The van der Waals surface area contributed by atoms with Crippen molar-refractivity contribution in [3.8, 4) is 11.5 Å². The number of rotatable bonds is 8. The van der Waals surface area contributed by atoms with E-state index in [1.165, 1.54) is 0 Å². The number of hydrogen-bond acceptors (Lipinski definition) is 4. The molecule has 0 saturated carbocycles. The Morgan fingerprint density at radius 2 is 2.10 bits per heavy atom. The van der Waals surface area contributed by atoms with E-state index < -0.39 is 0 Å². The summed E-state index contributed by atoms with van der Waals surface area (Å²) in [7, 11) is 1.67. The monoisotopic (exact) mass is 289 g/mol. The summed E-state index contributed by atoms with van der Waals surface area (Å²) in [6.07, 6.45) is 2.57. The summed E-state index contributed by atoms with van der Waals surface area (Å²) in [5.41, 5.74) is 1.09. The minimum atomic E-state index is 0.316. The summed E-state index contributed by atoms with van der Waals surface area (Å²) in [5, 5.41) is 3.49. The van der Waals surface area contributed by atoms with Gasteiger partial charge in [0, 0.05) is 24.6 Å². The molecular formula is C17H23NO3. The molecule has 4 heteroatoms. The highest BCUT2D eigenvalue weighted by Gasteiger charge is 2.11. The minimum absolute atomic E-state index is 0.316.